The van der Waals surface area contributed by atoms with E-state index in [0.29, 0.717) is 12.2 Å². The van der Waals surface area contributed by atoms with Gasteiger partial charge in [-0.2, -0.15) is 0 Å². The number of hydrogen-bond donors (Lipinski definition) is 0. The first kappa shape index (κ1) is 19.1. The predicted molar refractivity (Wildman–Crippen MR) is 89.2 cm³/mol. The predicted octanol–water partition coefficient (Wildman–Crippen LogP) is 3.83. The molecule has 0 aromatic rings. The highest BCUT2D eigenvalue weighted by Gasteiger charge is 2.41. The first-order valence-corrected chi connectivity index (χ1v) is 9.83. The van der Waals surface area contributed by atoms with Crippen LogP contribution in [0.1, 0.15) is 40.0 Å². The lowest BCUT2D eigenvalue weighted by molar-refractivity contribution is -0.123. The summed E-state index contributed by atoms with van der Waals surface area (Å²) in [7, 11) is -3.67. The van der Waals surface area contributed by atoms with Gasteiger partial charge in [-0.15, -0.1) is 0 Å². The van der Waals surface area contributed by atoms with Crippen LogP contribution < -0.4 is 0 Å². The minimum atomic E-state index is -3.67. The van der Waals surface area contributed by atoms with Crippen LogP contribution in [0.3, 0.4) is 0 Å². The first-order chi connectivity index (χ1) is 11.4. The number of fused-ring (bicyclic) bond motifs is 1. The van der Waals surface area contributed by atoms with Gasteiger partial charge >= 0.3 is 7.82 Å². The Labute approximate surface area is 142 Å². The van der Waals surface area contributed by atoms with E-state index in [0.717, 1.165) is 6.42 Å². The maximum Gasteiger partial charge on any atom is 0.529 e. The van der Waals surface area contributed by atoms with Gasteiger partial charge in [-0.25, -0.2) is 4.57 Å². The van der Waals surface area contributed by atoms with E-state index in [1.807, 2.05) is 6.08 Å². The molecule has 0 N–H and O–H groups in total. The normalized spacial score (nSPS) is 26.7. The summed E-state index contributed by atoms with van der Waals surface area (Å²) < 4.78 is 28.5. The lowest BCUT2D eigenvalue weighted by Crippen LogP contribution is -2.36. The van der Waals surface area contributed by atoms with E-state index in [4.69, 9.17) is 13.6 Å². The zero-order chi connectivity index (χ0) is 17.7. The van der Waals surface area contributed by atoms with Gasteiger partial charge in [0.2, 0.25) is 0 Å². The highest BCUT2D eigenvalue weighted by molar-refractivity contribution is 7.48. The van der Waals surface area contributed by atoms with Crippen LogP contribution >= 0.6 is 7.82 Å². The van der Waals surface area contributed by atoms with Crippen LogP contribution in [0.15, 0.2) is 24.0 Å². The van der Waals surface area contributed by atoms with Gasteiger partial charge in [-0.05, 0) is 51.2 Å². The van der Waals surface area contributed by atoms with Crippen LogP contribution in [-0.4, -0.2) is 24.8 Å². The number of allylic oxidation sites excluding steroid dienone is 4. The van der Waals surface area contributed by atoms with Crippen molar-refractivity contribution in [3.63, 3.8) is 0 Å². The van der Waals surface area contributed by atoms with E-state index in [1.54, 1.807) is 26.0 Å². The molecule has 0 aromatic carbocycles. The standard InChI is InChI=1S/C17H25O6P/c1-4-21-24(20,22-5-2)23-15-10-13-7-6-8-16(19)17(13)14(11-15)9-12(3)18/h6,8,11,13-14,17H,4-5,7,9-10H2,1-3H3/t13-,14?,17+/m1/s1. The van der Waals surface area contributed by atoms with E-state index in [1.165, 1.54) is 6.92 Å². The zero-order valence-electron chi connectivity index (χ0n) is 14.4. The zero-order valence-corrected chi connectivity index (χ0v) is 15.3. The lowest BCUT2D eigenvalue weighted by Gasteiger charge is -2.37. The molecule has 0 saturated heterocycles. The van der Waals surface area contributed by atoms with Gasteiger partial charge in [0.05, 0.1) is 13.2 Å². The van der Waals surface area contributed by atoms with Gasteiger partial charge in [0.15, 0.2) is 5.78 Å². The summed E-state index contributed by atoms with van der Waals surface area (Å²) in [6, 6.07) is 0. The molecular weight excluding hydrogens is 331 g/mol. The minimum absolute atomic E-state index is 0.0106. The van der Waals surface area contributed by atoms with Gasteiger partial charge in [-0.1, -0.05) is 6.08 Å². The quantitative estimate of drug-likeness (QED) is 0.615. The van der Waals surface area contributed by atoms with Crippen molar-refractivity contribution in [1.82, 2.24) is 0 Å². The molecule has 0 amide bonds. The Morgan fingerprint density at radius 1 is 1.29 bits per heavy atom. The highest BCUT2D eigenvalue weighted by Crippen LogP contribution is 2.54. The molecule has 0 spiro atoms. The minimum Gasteiger partial charge on any atom is -0.409 e. The molecule has 2 aliphatic rings. The van der Waals surface area contributed by atoms with Crippen LogP contribution in [-0.2, 0) is 27.7 Å². The monoisotopic (exact) mass is 356 g/mol. The molecule has 134 valence electrons. The van der Waals surface area contributed by atoms with Gasteiger partial charge in [-0.3, -0.25) is 13.8 Å². The van der Waals surface area contributed by atoms with Gasteiger partial charge in [0, 0.05) is 18.8 Å². The molecule has 0 heterocycles. The topological polar surface area (TPSA) is 78.9 Å². The summed E-state index contributed by atoms with van der Waals surface area (Å²) in [5.41, 5.74) is 0. The second-order valence-corrected chi connectivity index (χ2v) is 7.70. The second-order valence-electron chi connectivity index (χ2n) is 6.11. The van der Waals surface area contributed by atoms with Crippen LogP contribution in [0.25, 0.3) is 0 Å². The van der Waals surface area contributed by atoms with Crippen LogP contribution in [0.4, 0.5) is 0 Å². The Morgan fingerprint density at radius 2 is 1.96 bits per heavy atom. The highest BCUT2D eigenvalue weighted by atomic mass is 31.2. The third kappa shape index (κ3) is 4.65. The maximum atomic E-state index is 12.6. The largest absolute Gasteiger partial charge is 0.529 e. The molecule has 7 heteroatoms. The molecule has 0 bridgehead atoms. The van der Waals surface area contributed by atoms with Crippen molar-refractivity contribution in [2.75, 3.05) is 13.2 Å². The smallest absolute Gasteiger partial charge is 0.409 e. The maximum absolute atomic E-state index is 12.6. The van der Waals surface area contributed by atoms with E-state index in [-0.39, 0.29) is 49.0 Å². The molecule has 0 saturated carbocycles. The number of carbonyl (C=O) groups excluding carboxylic acids is 2. The van der Waals surface area contributed by atoms with Crippen molar-refractivity contribution in [2.45, 2.75) is 40.0 Å². The number of hydrogen-bond acceptors (Lipinski definition) is 6. The van der Waals surface area contributed by atoms with E-state index in [2.05, 4.69) is 0 Å². The van der Waals surface area contributed by atoms with Crippen molar-refractivity contribution in [2.24, 2.45) is 17.8 Å². The van der Waals surface area contributed by atoms with E-state index in [9.17, 15) is 14.2 Å². The fourth-order valence-electron chi connectivity index (χ4n) is 3.42. The van der Waals surface area contributed by atoms with Crippen molar-refractivity contribution < 1.29 is 27.7 Å². The van der Waals surface area contributed by atoms with Gasteiger partial charge in [0.1, 0.15) is 11.5 Å². The summed E-state index contributed by atoms with van der Waals surface area (Å²) in [4.78, 5) is 23.8. The second kappa shape index (κ2) is 8.24. The third-order valence-electron chi connectivity index (χ3n) is 4.21. The first-order valence-electron chi connectivity index (χ1n) is 8.37. The summed E-state index contributed by atoms with van der Waals surface area (Å²) in [6.45, 7) is 5.34. The average Bonchev–Trinajstić information content (AvgIpc) is 2.46. The Hall–Kier alpha value is -1.23. The van der Waals surface area contributed by atoms with E-state index >= 15 is 0 Å². The molecule has 0 fully saturated rings. The lowest BCUT2D eigenvalue weighted by atomic mass is 9.68. The summed E-state index contributed by atoms with van der Waals surface area (Å²) in [5, 5.41) is 0. The summed E-state index contributed by atoms with van der Waals surface area (Å²) in [6.07, 6.45) is 6.69. The SMILES string of the molecule is CCOP(=O)(OCC)OC1=CC(CC(C)=O)[C@H]2C(=O)C=CC[C@@H]2C1. The molecule has 24 heavy (non-hydrogen) atoms. The van der Waals surface area contributed by atoms with Gasteiger partial charge < -0.3 is 9.32 Å². The molecule has 0 radical (unpaired) electrons. The van der Waals surface area contributed by atoms with Crippen molar-refractivity contribution in [1.29, 1.82) is 0 Å². The summed E-state index contributed by atoms with van der Waals surface area (Å²) >= 11 is 0. The number of ketones is 2. The number of phosphoric acid groups is 1. The molecule has 6 nitrogen and oxygen atoms in total. The fraction of sp³-hybridized carbons (Fsp3) is 0.647. The Bertz CT molecular complexity index is 584. The van der Waals surface area contributed by atoms with Crippen LogP contribution in [0.2, 0.25) is 0 Å². The number of Topliss-reactive ketones (excluding diaryl/α,β-unsaturated/α-hetero) is 1. The van der Waals surface area contributed by atoms with Crippen molar-refractivity contribution in [3.8, 4) is 0 Å². The Morgan fingerprint density at radius 3 is 2.54 bits per heavy atom. The van der Waals surface area contributed by atoms with Crippen molar-refractivity contribution in [3.05, 3.63) is 24.0 Å². The number of carbonyl (C=O) groups is 2. The van der Waals surface area contributed by atoms with E-state index < -0.39 is 7.82 Å². The van der Waals surface area contributed by atoms with Crippen LogP contribution in [0, 0.1) is 17.8 Å². The Balaban J connectivity index is 2.25. The average molecular weight is 356 g/mol. The Kier molecular flexibility index (Phi) is 6.55. The molecule has 3 atom stereocenters. The molecular formula is C17H25O6P. The number of rotatable bonds is 8. The summed E-state index contributed by atoms with van der Waals surface area (Å²) in [5.74, 6) is 0.122. The molecule has 2 aliphatic carbocycles. The molecule has 2 rings (SSSR count). The van der Waals surface area contributed by atoms with Crippen LogP contribution in [0.5, 0.6) is 0 Å². The fourth-order valence-corrected chi connectivity index (χ4v) is 4.66. The molecule has 0 aliphatic heterocycles. The third-order valence-corrected chi connectivity index (χ3v) is 5.82. The van der Waals surface area contributed by atoms with Gasteiger partial charge in [0.25, 0.3) is 0 Å². The van der Waals surface area contributed by atoms with Crippen molar-refractivity contribution >= 4 is 19.4 Å². The molecule has 1 unspecified atom stereocenters. The molecule has 0 aromatic heterocycles. The number of phosphoric ester groups is 1.